The first-order chi connectivity index (χ1) is 9.93. The Hall–Kier alpha value is -1.58. The van der Waals surface area contributed by atoms with E-state index in [0.29, 0.717) is 23.9 Å². The molecule has 0 unspecified atom stereocenters. The van der Waals surface area contributed by atoms with Crippen molar-refractivity contribution in [1.29, 1.82) is 0 Å². The van der Waals surface area contributed by atoms with Gasteiger partial charge in [0.2, 0.25) is 0 Å². The van der Waals surface area contributed by atoms with Gasteiger partial charge in [-0.3, -0.25) is 0 Å². The summed E-state index contributed by atoms with van der Waals surface area (Å²) in [4.78, 5) is 24.5. The van der Waals surface area contributed by atoms with Crippen LogP contribution in [0.4, 0.5) is 0 Å². The Labute approximate surface area is 134 Å². The second kappa shape index (κ2) is 8.65. The Balaban J connectivity index is 2.93. The fourth-order valence-corrected chi connectivity index (χ4v) is 2.77. The van der Waals surface area contributed by atoms with Crippen LogP contribution in [0.1, 0.15) is 25.3 Å². The van der Waals surface area contributed by atoms with Crippen LogP contribution in [-0.4, -0.2) is 53.5 Å². The summed E-state index contributed by atoms with van der Waals surface area (Å²) in [6, 6.07) is 9.80. The standard InChI is InChI=1S/C16H21NO3Se/c1-12(18)20-11-7-10-14(13-8-5-4-6-9-13)15(21)16(19)17(2)3/h4-6,8-9,21H,7,10-11H2,1-3H3. The summed E-state index contributed by atoms with van der Waals surface area (Å²) in [5.41, 5.74) is 1.99. The van der Waals surface area contributed by atoms with Crippen LogP contribution < -0.4 is 0 Å². The molecule has 0 aliphatic heterocycles. The van der Waals surface area contributed by atoms with E-state index in [0.717, 1.165) is 11.1 Å². The SMILES string of the molecule is CC(=O)OCCCC(=C([SeH])C(=O)N(C)C)c1ccccc1. The summed E-state index contributed by atoms with van der Waals surface area (Å²) < 4.78 is 5.62. The zero-order valence-corrected chi connectivity index (χ0v) is 14.5. The van der Waals surface area contributed by atoms with E-state index < -0.39 is 0 Å². The van der Waals surface area contributed by atoms with Gasteiger partial charge in [-0.1, -0.05) is 0 Å². The molecular formula is C16H21NO3Se. The molecule has 4 nitrogen and oxygen atoms in total. The van der Waals surface area contributed by atoms with Crippen molar-refractivity contribution in [2.24, 2.45) is 0 Å². The molecule has 1 aromatic rings. The van der Waals surface area contributed by atoms with Crippen molar-refractivity contribution in [2.75, 3.05) is 20.7 Å². The molecule has 0 radical (unpaired) electrons. The van der Waals surface area contributed by atoms with Gasteiger partial charge in [0.25, 0.3) is 0 Å². The second-order valence-electron chi connectivity index (χ2n) is 4.84. The number of hydrogen-bond acceptors (Lipinski definition) is 3. The van der Waals surface area contributed by atoms with Crippen molar-refractivity contribution in [3.05, 3.63) is 40.4 Å². The predicted molar refractivity (Wildman–Crippen MR) is 85.1 cm³/mol. The molecule has 1 rings (SSSR count). The molecule has 0 aliphatic carbocycles. The third-order valence-electron chi connectivity index (χ3n) is 2.89. The summed E-state index contributed by atoms with van der Waals surface area (Å²) in [6.45, 7) is 1.76. The van der Waals surface area contributed by atoms with Crippen molar-refractivity contribution in [3.8, 4) is 0 Å². The quantitative estimate of drug-likeness (QED) is 0.338. The van der Waals surface area contributed by atoms with E-state index in [4.69, 9.17) is 4.74 Å². The fourth-order valence-electron chi connectivity index (χ4n) is 1.84. The number of carbonyl (C=O) groups is 2. The molecule has 0 saturated heterocycles. The van der Waals surface area contributed by atoms with E-state index in [9.17, 15) is 9.59 Å². The van der Waals surface area contributed by atoms with E-state index in [-0.39, 0.29) is 11.9 Å². The first-order valence-corrected chi connectivity index (χ1v) is 7.70. The number of benzene rings is 1. The van der Waals surface area contributed by atoms with Crippen molar-refractivity contribution < 1.29 is 14.3 Å². The van der Waals surface area contributed by atoms with Crippen molar-refractivity contribution >= 4 is 33.5 Å². The summed E-state index contributed by atoms with van der Waals surface area (Å²) in [7, 11) is 3.47. The number of likely N-dealkylation sites (N-methyl/N-ethyl adjacent to an activating group) is 1. The normalized spacial score (nSPS) is 11.6. The molecular weight excluding hydrogens is 333 g/mol. The zero-order valence-electron chi connectivity index (χ0n) is 12.6. The average Bonchev–Trinajstić information content (AvgIpc) is 2.46. The van der Waals surface area contributed by atoms with Gasteiger partial charge < -0.3 is 0 Å². The molecule has 0 bridgehead atoms. The minimum absolute atomic E-state index is 0.0265. The Kier molecular flexibility index (Phi) is 7.20. The molecule has 0 aromatic heterocycles. The van der Waals surface area contributed by atoms with Crippen molar-refractivity contribution in [3.63, 3.8) is 0 Å². The van der Waals surface area contributed by atoms with Gasteiger partial charge in [0, 0.05) is 0 Å². The minimum atomic E-state index is -0.280. The zero-order chi connectivity index (χ0) is 15.8. The number of carbonyl (C=O) groups excluding carboxylic acids is 2. The van der Waals surface area contributed by atoms with Crippen molar-refractivity contribution in [1.82, 2.24) is 4.90 Å². The second-order valence-corrected chi connectivity index (χ2v) is 5.77. The fraction of sp³-hybridized carbons (Fsp3) is 0.375. The number of ether oxygens (including phenoxy) is 1. The summed E-state index contributed by atoms with van der Waals surface area (Å²) in [5, 5.41) is 0. The Morgan fingerprint density at radius 2 is 1.81 bits per heavy atom. The van der Waals surface area contributed by atoms with Gasteiger partial charge in [0.15, 0.2) is 0 Å². The number of amides is 1. The van der Waals surface area contributed by atoms with Gasteiger partial charge in [-0.15, -0.1) is 0 Å². The van der Waals surface area contributed by atoms with Crippen LogP contribution in [0, 0.1) is 0 Å². The number of rotatable bonds is 6. The maximum atomic E-state index is 12.2. The van der Waals surface area contributed by atoms with Crippen molar-refractivity contribution in [2.45, 2.75) is 19.8 Å². The first-order valence-electron chi connectivity index (χ1n) is 6.76. The van der Waals surface area contributed by atoms with Gasteiger partial charge in [-0.2, -0.15) is 0 Å². The average molecular weight is 354 g/mol. The Bertz CT molecular complexity index is 524. The molecule has 114 valence electrons. The molecule has 0 spiro atoms. The van der Waals surface area contributed by atoms with E-state index in [1.165, 1.54) is 6.92 Å². The number of hydrogen-bond donors (Lipinski definition) is 0. The topological polar surface area (TPSA) is 46.6 Å². The number of esters is 1. The molecule has 0 saturated carbocycles. The van der Waals surface area contributed by atoms with Gasteiger partial charge >= 0.3 is 134 Å². The number of nitrogens with zero attached hydrogens (tertiary/aromatic N) is 1. The summed E-state index contributed by atoms with van der Waals surface area (Å²) >= 11 is 2.37. The van der Waals surface area contributed by atoms with E-state index in [2.05, 4.69) is 16.0 Å². The first kappa shape index (κ1) is 17.5. The predicted octanol–water partition coefficient (Wildman–Crippen LogP) is 1.73. The Morgan fingerprint density at radius 1 is 1.19 bits per heavy atom. The third-order valence-corrected chi connectivity index (χ3v) is 3.86. The van der Waals surface area contributed by atoms with Crippen LogP contribution in [-0.2, 0) is 14.3 Å². The van der Waals surface area contributed by atoms with Crippen LogP contribution in [0.2, 0.25) is 0 Å². The molecule has 0 fully saturated rings. The maximum absolute atomic E-state index is 12.2. The van der Waals surface area contributed by atoms with Crippen LogP contribution in [0.25, 0.3) is 5.57 Å². The van der Waals surface area contributed by atoms with Crippen LogP contribution in [0.3, 0.4) is 0 Å². The summed E-state index contributed by atoms with van der Waals surface area (Å²) in [6.07, 6.45) is 1.37. The summed E-state index contributed by atoms with van der Waals surface area (Å²) in [5.74, 6) is -0.307. The molecule has 0 aliphatic rings. The van der Waals surface area contributed by atoms with E-state index in [1.807, 2.05) is 30.3 Å². The van der Waals surface area contributed by atoms with Gasteiger partial charge in [0.05, 0.1) is 0 Å². The van der Waals surface area contributed by atoms with Gasteiger partial charge in [-0.25, -0.2) is 0 Å². The molecule has 5 heteroatoms. The van der Waals surface area contributed by atoms with Crippen LogP contribution >= 0.6 is 0 Å². The molecule has 0 N–H and O–H groups in total. The molecule has 0 heterocycles. The molecule has 21 heavy (non-hydrogen) atoms. The van der Waals surface area contributed by atoms with E-state index >= 15 is 0 Å². The van der Waals surface area contributed by atoms with Crippen LogP contribution in [0.5, 0.6) is 0 Å². The van der Waals surface area contributed by atoms with E-state index in [1.54, 1.807) is 19.0 Å². The van der Waals surface area contributed by atoms with Gasteiger partial charge in [0.1, 0.15) is 0 Å². The Morgan fingerprint density at radius 3 is 2.33 bits per heavy atom. The molecule has 1 amide bonds. The molecule has 0 atom stereocenters. The molecule has 1 aromatic carbocycles. The number of allylic oxidation sites excluding steroid dienone is 1. The van der Waals surface area contributed by atoms with Crippen LogP contribution in [0.15, 0.2) is 34.8 Å². The third kappa shape index (κ3) is 5.74. The van der Waals surface area contributed by atoms with Gasteiger partial charge in [-0.05, 0) is 0 Å². The monoisotopic (exact) mass is 355 g/mol.